The maximum atomic E-state index is 3.19. The van der Waals surface area contributed by atoms with E-state index in [1.54, 1.807) is 0 Å². The van der Waals surface area contributed by atoms with E-state index in [9.17, 15) is 0 Å². The Kier molecular flexibility index (Phi) is 5.32. The van der Waals surface area contributed by atoms with Gasteiger partial charge in [-0.05, 0) is 13.5 Å². The van der Waals surface area contributed by atoms with Gasteiger partial charge in [-0.3, -0.25) is 0 Å². The Hall–Kier alpha value is 0.690. The van der Waals surface area contributed by atoms with E-state index in [0.717, 1.165) is 6.04 Å². The van der Waals surface area contributed by atoms with E-state index in [2.05, 4.69) is 34.8 Å². The summed E-state index contributed by atoms with van der Waals surface area (Å²) in [5, 5.41) is 3.19. The molecule has 0 saturated carbocycles. The minimum absolute atomic E-state index is 0.723. The fourth-order valence-corrected chi connectivity index (χ4v) is 1.45. The number of halogens is 1. The van der Waals surface area contributed by atoms with Crippen molar-refractivity contribution >= 4 is 22.6 Å². The third kappa shape index (κ3) is 3.29. The van der Waals surface area contributed by atoms with E-state index < -0.39 is 0 Å². The van der Waals surface area contributed by atoms with Crippen LogP contribution in [0.1, 0.15) is 13.3 Å². The van der Waals surface area contributed by atoms with Crippen LogP contribution >= 0.6 is 22.6 Å². The molecule has 1 N–H and O–H groups in total. The Labute approximate surface area is 59.0 Å². The standard InChI is InChI=1S/C5H12IN/c1-3-5(4-6)7-2/h5,7H,3-4H2,1-2H3/t5-/m1/s1. The molecule has 0 heterocycles. The van der Waals surface area contributed by atoms with Crippen molar-refractivity contribution in [1.29, 1.82) is 0 Å². The first kappa shape index (κ1) is 7.69. The highest BCUT2D eigenvalue weighted by Gasteiger charge is 1.95. The lowest BCUT2D eigenvalue weighted by Crippen LogP contribution is -2.25. The zero-order valence-corrected chi connectivity index (χ0v) is 7.03. The molecule has 0 aliphatic heterocycles. The quantitative estimate of drug-likeness (QED) is 0.552. The summed E-state index contributed by atoms with van der Waals surface area (Å²) in [5.74, 6) is 0. The lowest BCUT2D eigenvalue weighted by Gasteiger charge is -2.07. The van der Waals surface area contributed by atoms with Crippen molar-refractivity contribution in [3.05, 3.63) is 0 Å². The molecule has 0 rings (SSSR count). The molecule has 0 aliphatic rings. The van der Waals surface area contributed by atoms with Crippen molar-refractivity contribution in [1.82, 2.24) is 5.32 Å². The lowest BCUT2D eigenvalue weighted by atomic mass is 10.3. The molecule has 1 nitrogen and oxygen atoms in total. The van der Waals surface area contributed by atoms with E-state index in [4.69, 9.17) is 0 Å². The third-order valence-corrected chi connectivity index (χ3v) is 2.15. The molecule has 1 atom stereocenters. The average molecular weight is 213 g/mol. The Bertz CT molecular complexity index is 29.6. The second-order valence-electron chi connectivity index (χ2n) is 1.55. The Balaban J connectivity index is 2.99. The molecule has 0 unspecified atom stereocenters. The molecule has 0 fully saturated rings. The molecule has 0 saturated heterocycles. The van der Waals surface area contributed by atoms with Crippen molar-refractivity contribution in [2.45, 2.75) is 19.4 Å². The topological polar surface area (TPSA) is 12.0 Å². The van der Waals surface area contributed by atoms with Gasteiger partial charge in [0, 0.05) is 10.5 Å². The van der Waals surface area contributed by atoms with Crippen LogP contribution in [-0.4, -0.2) is 17.5 Å². The number of hydrogen-bond donors (Lipinski definition) is 1. The molecule has 0 amide bonds. The maximum Gasteiger partial charge on any atom is 0.0151 e. The predicted octanol–water partition coefficient (Wildman–Crippen LogP) is 1.42. The van der Waals surface area contributed by atoms with Crippen LogP contribution in [0.2, 0.25) is 0 Å². The van der Waals surface area contributed by atoms with Crippen LogP contribution in [0, 0.1) is 0 Å². The number of rotatable bonds is 3. The van der Waals surface area contributed by atoms with E-state index in [1.807, 2.05) is 7.05 Å². The normalized spacial score (nSPS) is 14.1. The van der Waals surface area contributed by atoms with Crippen LogP contribution in [0.25, 0.3) is 0 Å². The highest BCUT2D eigenvalue weighted by molar-refractivity contribution is 14.1. The molecular formula is C5H12IN. The Morgan fingerprint density at radius 2 is 2.29 bits per heavy atom. The van der Waals surface area contributed by atoms with Gasteiger partial charge < -0.3 is 5.32 Å². The number of hydrogen-bond acceptors (Lipinski definition) is 1. The lowest BCUT2D eigenvalue weighted by molar-refractivity contribution is 0.608. The predicted molar refractivity (Wildman–Crippen MR) is 42.0 cm³/mol. The summed E-state index contributed by atoms with van der Waals surface area (Å²) in [4.78, 5) is 0. The first-order valence-corrected chi connectivity index (χ1v) is 4.11. The van der Waals surface area contributed by atoms with Gasteiger partial charge in [0.2, 0.25) is 0 Å². The fourth-order valence-electron chi connectivity index (χ4n) is 0.390. The number of nitrogens with one attached hydrogen (secondary N) is 1. The van der Waals surface area contributed by atoms with Crippen molar-refractivity contribution < 1.29 is 0 Å². The van der Waals surface area contributed by atoms with Crippen LogP contribution in [-0.2, 0) is 0 Å². The molecule has 0 aromatic carbocycles. The highest BCUT2D eigenvalue weighted by Crippen LogP contribution is 1.93. The van der Waals surface area contributed by atoms with Gasteiger partial charge in [0.25, 0.3) is 0 Å². The Morgan fingerprint density at radius 3 is 2.29 bits per heavy atom. The molecule has 7 heavy (non-hydrogen) atoms. The largest absolute Gasteiger partial charge is 0.316 e. The average Bonchev–Trinajstić information content (AvgIpc) is 1.72. The Morgan fingerprint density at radius 1 is 1.71 bits per heavy atom. The molecule has 0 aromatic heterocycles. The molecular weight excluding hydrogens is 201 g/mol. The van der Waals surface area contributed by atoms with Crippen LogP contribution in [0.3, 0.4) is 0 Å². The molecule has 0 radical (unpaired) electrons. The zero-order chi connectivity index (χ0) is 5.70. The maximum absolute atomic E-state index is 3.19. The zero-order valence-electron chi connectivity index (χ0n) is 4.87. The van der Waals surface area contributed by atoms with Gasteiger partial charge in [-0.25, -0.2) is 0 Å². The fraction of sp³-hybridized carbons (Fsp3) is 1.00. The first-order chi connectivity index (χ1) is 3.35. The van der Waals surface area contributed by atoms with Gasteiger partial charge in [-0.15, -0.1) is 0 Å². The van der Waals surface area contributed by atoms with Crippen molar-refractivity contribution in [2.75, 3.05) is 11.5 Å². The monoisotopic (exact) mass is 213 g/mol. The highest BCUT2D eigenvalue weighted by atomic mass is 127. The third-order valence-electron chi connectivity index (χ3n) is 1.09. The summed E-state index contributed by atoms with van der Waals surface area (Å²) in [7, 11) is 2.01. The van der Waals surface area contributed by atoms with Gasteiger partial charge in [0.15, 0.2) is 0 Å². The molecule has 0 aromatic rings. The first-order valence-electron chi connectivity index (χ1n) is 2.58. The second-order valence-corrected chi connectivity index (χ2v) is 2.43. The SMILES string of the molecule is CC[C@H](CI)NC. The van der Waals surface area contributed by atoms with Crippen LogP contribution in [0.4, 0.5) is 0 Å². The van der Waals surface area contributed by atoms with Gasteiger partial charge in [-0.1, -0.05) is 29.5 Å². The van der Waals surface area contributed by atoms with Gasteiger partial charge >= 0.3 is 0 Å². The van der Waals surface area contributed by atoms with Gasteiger partial charge in [0.05, 0.1) is 0 Å². The van der Waals surface area contributed by atoms with Crippen molar-refractivity contribution in [3.8, 4) is 0 Å². The molecule has 0 aliphatic carbocycles. The smallest absolute Gasteiger partial charge is 0.0151 e. The minimum Gasteiger partial charge on any atom is -0.316 e. The van der Waals surface area contributed by atoms with E-state index >= 15 is 0 Å². The van der Waals surface area contributed by atoms with Crippen molar-refractivity contribution in [3.63, 3.8) is 0 Å². The summed E-state index contributed by atoms with van der Waals surface area (Å²) in [5.41, 5.74) is 0. The van der Waals surface area contributed by atoms with Crippen LogP contribution in [0.5, 0.6) is 0 Å². The molecule has 0 bridgehead atoms. The summed E-state index contributed by atoms with van der Waals surface area (Å²) in [6.45, 7) is 2.19. The van der Waals surface area contributed by atoms with Gasteiger partial charge in [-0.2, -0.15) is 0 Å². The molecule has 44 valence electrons. The van der Waals surface area contributed by atoms with Crippen molar-refractivity contribution in [2.24, 2.45) is 0 Å². The van der Waals surface area contributed by atoms with E-state index in [1.165, 1.54) is 10.8 Å². The van der Waals surface area contributed by atoms with E-state index in [-0.39, 0.29) is 0 Å². The van der Waals surface area contributed by atoms with E-state index in [0.29, 0.717) is 0 Å². The summed E-state index contributed by atoms with van der Waals surface area (Å²) in [6, 6.07) is 0.723. The number of alkyl halides is 1. The molecule has 2 heteroatoms. The summed E-state index contributed by atoms with van der Waals surface area (Å²) >= 11 is 2.39. The minimum atomic E-state index is 0.723. The van der Waals surface area contributed by atoms with Crippen LogP contribution < -0.4 is 5.32 Å². The summed E-state index contributed by atoms with van der Waals surface area (Å²) < 4.78 is 1.21. The summed E-state index contributed by atoms with van der Waals surface area (Å²) in [6.07, 6.45) is 1.24. The second kappa shape index (κ2) is 4.84. The molecule has 0 spiro atoms. The van der Waals surface area contributed by atoms with Crippen LogP contribution in [0.15, 0.2) is 0 Å². The van der Waals surface area contributed by atoms with Gasteiger partial charge in [0.1, 0.15) is 0 Å².